The van der Waals surface area contributed by atoms with Gasteiger partial charge >= 0.3 is 0 Å². The molecule has 0 heterocycles. The van der Waals surface area contributed by atoms with E-state index in [1.165, 1.54) is 12.1 Å². The molecule has 0 fully saturated rings. The van der Waals surface area contributed by atoms with E-state index >= 15 is 0 Å². The Bertz CT molecular complexity index is 330. The van der Waals surface area contributed by atoms with E-state index in [1.54, 1.807) is 13.0 Å². The third kappa shape index (κ3) is 2.99. The van der Waals surface area contributed by atoms with Crippen LogP contribution in [0.25, 0.3) is 0 Å². The van der Waals surface area contributed by atoms with Crippen LogP contribution in [0.1, 0.15) is 23.7 Å². The Morgan fingerprint density at radius 2 is 2.13 bits per heavy atom. The van der Waals surface area contributed by atoms with Gasteiger partial charge in [-0.1, -0.05) is 12.1 Å². The molecule has 0 spiro atoms. The van der Waals surface area contributed by atoms with Crippen molar-refractivity contribution in [2.45, 2.75) is 25.5 Å². The first-order valence-electron chi connectivity index (χ1n) is 4.87. The number of nitrogens with two attached hydrogens (primary N) is 1. The summed E-state index contributed by atoms with van der Waals surface area (Å²) in [6.45, 7) is 1.56. The number of halogens is 1. The van der Waals surface area contributed by atoms with Crippen molar-refractivity contribution < 1.29 is 14.6 Å². The number of benzene rings is 1. The lowest BCUT2D eigenvalue weighted by atomic mass is 9.99. The predicted molar refractivity (Wildman–Crippen MR) is 55.8 cm³/mol. The van der Waals surface area contributed by atoms with E-state index in [1.807, 2.05) is 0 Å². The Morgan fingerprint density at radius 1 is 1.47 bits per heavy atom. The fourth-order valence-electron chi connectivity index (χ4n) is 1.41. The van der Waals surface area contributed by atoms with Crippen molar-refractivity contribution in [1.29, 1.82) is 0 Å². The number of aliphatic hydroxyl groups is 2. The van der Waals surface area contributed by atoms with Crippen molar-refractivity contribution in [3.8, 4) is 0 Å². The van der Waals surface area contributed by atoms with Gasteiger partial charge in [0.05, 0.1) is 6.10 Å². The molecule has 0 saturated carbocycles. The Labute approximate surface area is 88.4 Å². The van der Waals surface area contributed by atoms with Gasteiger partial charge in [0.15, 0.2) is 0 Å². The molecule has 0 aliphatic carbocycles. The molecule has 0 aromatic heterocycles. The van der Waals surface area contributed by atoms with Gasteiger partial charge in [0.2, 0.25) is 0 Å². The molecular formula is C11H16FNO2. The van der Waals surface area contributed by atoms with Gasteiger partial charge in [-0.05, 0) is 30.5 Å². The van der Waals surface area contributed by atoms with Crippen LogP contribution in [0.2, 0.25) is 0 Å². The number of aliphatic hydroxyl groups excluding tert-OH is 2. The van der Waals surface area contributed by atoms with Crippen LogP contribution in [0.4, 0.5) is 4.39 Å². The molecule has 1 aromatic rings. The van der Waals surface area contributed by atoms with Crippen molar-refractivity contribution in [2.24, 2.45) is 5.73 Å². The molecule has 2 unspecified atom stereocenters. The lowest BCUT2D eigenvalue weighted by Gasteiger charge is -2.18. The smallest absolute Gasteiger partial charge is 0.126 e. The van der Waals surface area contributed by atoms with Crippen LogP contribution in [0.5, 0.6) is 0 Å². The summed E-state index contributed by atoms with van der Waals surface area (Å²) in [5.74, 6) is -0.304. The summed E-state index contributed by atoms with van der Waals surface area (Å²) in [4.78, 5) is 0. The Hall–Kier alpha value is -0.970. The molecule has 15 heavy (non-hydrogen) atoms. The highest BCUT2D eigenvalue weighted by molar-refractivity contribution is 5.26. The molecule has 0 aliphatic heterocycles. The molecule has 4 heteroatoms. The van der Waals surface area contributed by atoms with Crippen molar-refractivity contribution >= 4 is 0 Å². The second-order valence-electron chi connectivity index (χ2n) is 3.63. The minimum atomic E-state index is -0.864. The largest absolute Gasteiger partial charge is 0.396 e. The van der Waals surface area contributed by atoms with E-state index in [-0.39, 0.29) is 12.4 Å². The first kappa shape index (κ1) is 12.1. The van der Waals surface area contributed by atoms with Gasteiger partial charge < -0.3 is 15.9 Å². The van der Waals surface area contributed by atoms with Crippen LogP contribution in [0.3, 0.4) is 0 Å². The molecule has 2 atom stereocenters. The Balaban J connectivity index is 2.81. The van der Waals surface area contributed by atoms with Crippen LogP contribution >= 0.6 is 0 Å². The minimum Gasteiger partial charge on any atom is -0.396 e. The molecule has 0 radical (unpaired) electrons. The summed E-state index contributed by atoms with van der Waals surface area (Å²) in [7, 11) is 0. The van der Waals surface area contributed by atoms with Crippen LogP contribution in [0, 0.1) is 12.7 Å². The van der Waals surface area contributed by atoms with Gasteiger partial charge in [-0.2, -0.15) is 0 Å². The SMILES string of the molecule is Cc1cc(C(O)C(N)CCO)ccc1F. The van der Waals surface area contributed by atoms with Gasteiger partial charge in [-0.25, -0.2) is 4.39 Å². The molecule has 1 aromatic carbocycles. The second-order valence-corrected chi connectivity index (χ2v) is 3.63. The molecule has 1 rings (SSSR count). The van der Waals surface area contributed by atoms with E-state index in [0.29, 0.717) is 17.5 Å². The molecule has 0 saturated heterocycles. The first-order valence-corrected chi connectivity index (χ1v) is 4.87. The van der Waals surface area contributed by atoms with Crippen LogP contribution in [-0.4, -0.2) is 22.9 Å². The summed E-state index contributed by atoms with van der Waals surface area (Å²) in [6.07, 6.45) is -0.547. The zero-order valence-corrected chi connectivity index (χ0v) is 8.65. The maximum Gasteiger partial charge on any atom is 0.126 e. The van der Waals surface area contributed by atoms with Crippen molar-refractivity contribution in [1.82, 2.24) is 0 Å². The summed E-state index contributed by atoms with van der Waals surface area (Å²) in [6, 6.07) is 3.85. The quantitative estimate of drug-likeness (QED) is 0.695. The Morgan fingerprint density at radius 3 is 2.67 bits per heavy atom. The summed E-state index contributed by atoms with van der Waals surface area (Å²) in [5.41, 5.74) is 6.70. The second kappa shape index (κ2) is 5.21. The molecule has 0 amide bonds. The van der Waals surface area contributed by atoms with Crippen LogP contribution < -0.4 is 5.73 Å². The maximum absolute atomic E-state index is 13.0. The highest BCUT2D eigenvalue weighted by Crippen LogP contribution is 2.19. The summed E-state index contributed by atoms with van der Waals surface area (Å²) >= 11 is 0. The van der Waals surface area contributed by atoms with Crippen molar-refractivity contribution in [3.63, 3.8) is 0 Å². The number of hydrogen-bond acceptors (Lipinski definition) is 3. The zero-order chi connectivity index (χ0) is 11.4. The molecule has 0 aliphatic rings. The lowest BCUT2D eigenvalue weighted by molar-refractivity contribution is 0.129. The van der Waals surface area contributed by atoms with E-state index in [9.17, 15) is 9.50 Å². The fourth-order valence-corrected chi connectivity index (χ4v) is 1.41. The number of hydrogen-bond donors (Lipinski definition) is 3. The highest BCUT2D eigenvalue weighted by atomic mass is 19.1. The molecule has 0 bridgehead atoms. The minimum absolute atomic E-state index is 0.0710. The predicted octanol–water partition coefficient (Wildman–Crippen LogP) is 0.877. The third-order valence-electron chi connectivity index (χ3n) is 2.39. The first-order chi connectivity index (χ1) is 7.06. The third-order valence-corrected chi connectivity index (χ3v) is 2.39. The summed E-state index contributed by atoms with van der Waals surface area (Å²) in [5, 5.41) is 18.5. The van der Waals surface area contributed by atoms with E-state index in [0.717, 1.165) is 0 Å². The van der Waals surface area contributed by atoms with Crippen molar-refractivity contribution in [2.75, 3.05) is 6.61 Å². The number of aryl methyl sites for hydroxylation is 1. The fraction of sp³-hybridized carbons (Fsp3) is 0.455. The van der Waals surface area contributed by atoms with E-state index in [4.69, 9.17) is 10.8 Å². The van der Waals surface area contributed by atoms with Crippen LogP contribution in [-0.2, 0) is 0 Å². The molecule has 4 N–H and O–H groups in total. The number of rotatable bonds is 4. The molecular weight excluding hydrogens is 197 g/mol. The van der Waals surface area contributed by atoms with E-state index in [2.05, 4.69) is 0 Å². The van der Waals surface area contributed by atoms with Gasteiger partial charge in [-0.3, -0.25) is 0 Å². The topological polar surface area (TPSA) is 66.5 Å². The average molecular weight is 213 g/mol. The molecule has 84 valence electrons. The van der Waals surface area contributed by atoms with Crippen molar-refractivity contribution in [3.05, 3.63) is 35.1 Å². The molecule has 3 nitrogen and oxygen atoms in total. The monoisotopic (exact) mass is 213 g/mol. The summed E-state index contributed by atoms with van der Waals surface area (Å²) < 4.78 is 13.0. The normalized spacial score (nSPS) is 15.0. The standard InChI is InChI=1S/C11H16FNO2/c1-7-6-8(2-3-9(7)12)11(15)10(13)4-5-14/h2-3,6,10-11,14-15H,4-5,13H2,1H3. The van der Waals surface area contributed by atoms with Gasteiger partial charge in [0.25, 0.3) is 0 Å². The van der Waals surface area contributed by atoms with Gasteiger partial charge in [-0.15, -0.1) is 0 Å². The van der Waals surface area contributed by atoms with Crippen LogP contribution in [0.15, 0.2) is 18.2 Å². The van der Waals surface area contributed by atoms with Gasteiger partial charge in [0.1, 0.15) is 5.82 Å². The average Bonchev–Trinajstić information content (AvgIpc) is 2.21. The lowest BCUT2D eigenvalue weighted by Crippen LogP contribution is -2.29. The maximum atomic E-state index is 13.0. The Kier molecular flexibility index (Phi) is 4.20. The van der Waals surface area contributed by atoms with E-state index < -0.39 is 12.1 Å². The zero-order valence-electron chi connectivity index (χ0n) is 8.65. The van der Waals surface area contributed by atoms with Gasteiger partial charge in [0, 0.05) is 12.6 Å². The highest BCUT2D eigenvalue weighted by Gasteiger charge is 2.16.